The van der Waals surface area contributed by atoms with Crippen LogP contribution in [0.2, 0.25) is 5.02 Å². The van der Waals surface area contributed by atoms with Gasteiger partial charge < -0.3 is 14.4 Å². The third-order valence-electron chi connectivity index (χ3n) is 10.0. The standard InChI is InChI=1S/C33H38ClF2N3O3/c1-20-14-24-27(16-28(20)34)33(42-30(24)32(2,3)19-37)8-10-38(11-9-33)31(40)26-18-39(22-6-12-41-13-7-22)17-25(26)23-5-4-21(35)15-29(23)36/h4-5,14-16,22,25-26,30H,6-13,17-18H2,1-3H3/t25-,26+,30-/m0/s1. The largest absolute Gasteiger partial charge is 0.381 e. The molecule has 4 heterocycles. The Bertz CT molecular complexity index is 1410. The number of carbonyl (C=O) groups excluding carboxylic acids is 1. The second-order valence-electron chi connectivity index (χ2n) is 13.0. The highest BCUT2D eigenvalue weighted by Crippen LogP contribution is 2.55. The van der Waals surface area contributed by atoms with Crippen molar-refractivity contribution < 1.29 is 23.0 Å². The number of amides is 1. The number of carbonyl (C=O) groups is 1. The molecule has 0 bridgehead atoms. The Balaban J connectivity index is 1.25. The molecule has 3 atom stereocenters. The number of likely N-dealkylation sites (tertiary alicyclic amines) is 2. The van der Waals surface area contributed by atoms with Crippen molar-refractivity contribution in [1.82, 2.24) is 9.80 Å². The molecule has 3 fully saturated rings. The van der Waals surface area contributed by atoms with Gasteiger partial charge in [-0.05, 0) is 80.8 Å². The van der Waals surface area contributed by atoms with Gasteiger partial charge in [-0.15, -0.1) is 0 Å². The van der Waals surface area contributed by atoms with Crippen molar-refractivity contribution in [2.75, 3.05) is 39.4 Å². The average Bonchev–Trinajstić information content (AvgIpc) is 3.55. The summed E-state index contributed by atoms with van der Waals surface area (Å²) >= 11 is 6.58. The lowest BCUT2D eigenvalue weighted by Gasteiger charge is -2.41. The zero-order chi connectivity index (χ0) is 29.8. The molecule has 0 aliphatic carbocycles. The van der Waals surface area contributed by atoms with Gasteiger partial charge in [-0.2, -0.15) is 5.26 Å². The van der Waals surface area contributed by atoms with E-state index in [1.807, 2.05) is 37.8 Å². The number of aryl methyl sites for hydroxylation is 1. The maximum atomic E-state index is 15.1. The number of hydrogen-bond acceptors (Lipinski definition) is 5. The molecule has 4 aliphatic rings. The summed E-state index contributed by atoms with van der Waals surface area (Å²) in [4.78, 5) is 18.4. The minimum atomic E-state index is -0.741. The van der Waals surface area contributed by atoms with Gasteiger partial charge >= 0.3 is 0 Å². The predicted molar refractivity (Wildman–Crippen MR) is 155 cm³/mol. The molecule has 42 heavy (non-hydrogen) atoms. The molecule has 9 heteroatoms. The van der Waals surface area contributed by atoms with Gasteiger partial charge in [0.2, 0.25) is 5.91 Å². The highest BCUT2D eigenvalue weighted by molar-refractivity contribution is 6.31. The van der Waals surface area contributed by atoms with Crippen LogP contribution in [-0.4, -0.2) is 61.1 Å². The van der Waals surface area contributed by atoms with E-state index in [1.54, 1.807) is 0 Å². The number of nitriles is 1. The lowest BCUT2D eigenvalue weighted by molar-refractivity contribution is -0.152. The second-order valence-corrected chi connectivity index (χ2v) is 13.4. The SMILES string of the molecule is Cc1cc2c(cc1Cl)C1(CCN(C(=O)[C@@H]3CN(C4CCOCC4)C[C@H]3c3ccc(F)cc3F)CC1)O[C@@H]2C(C)(C)C#N. The van der Waals surface area contributed by atoms with Crippen LogP contribution in [0.1, 0.15) is 73.8 Å². The Morgan fingerprint density at radius 3 is 2.48 bits per heavy atom. The Morgan fingerprint density at radius 1 is 1.10 bits per heavy atom. The Morgan fingerprint density at radius 2 is 1.81 bits per heavy atom. The smallest absolute Gasteiger partial charge is 0.227 e. The summed E-state index contributed by atoms with van der Waals surface area (Å²) in [5.74, 6) is -2.01. The van der Waals surface area contributed by atoms with Gasteiger partial charge in [0.1, 0.15) is 17.7 Å². The fourth-order valence-electron chi connectivity index (χ4n) is 7.52. The monoisotopic (exact) mass is 597 g/mol. The number of fused-ring (bicyclic) bond motifs is 2. The molecule has 0 unspecified atom stereocenters. The maximum absolute atomic E-state index is 15.1. The van der Waals surface area contributed by atoms with Crippen molar-refractivity contribution in [3.8, 4) is 6.07 Å². The topological polar surface area (TPSA) is 65.8 Å². The molecule has 1 amide bonds. The van der Waals surface area contributed by atoms with E-state index in [-0.39, 0.29) is 17.9 Å². The highest BCUT2D eigenvalue weighted by atomic mass is 35.5. The van der Waals surface area contributed by atoms with Gasteiger partial charge in [0.05, 0.1) is 23.0 Å². The van der Waals surface area contributed by atoms with E-state index in [0.29, 0.717) is 62.8 Å². The van der Waals surface area contributed by atoms with Gasteiger partial charge in [-0.25, -0.2) is 8.78 Å². The molecule has 6 nitrogen and oxygen atoms in total. The van der Waals surface area contributed by atoms with Gasteiger partial charge in [-0.3, -0.25) is 9.69 Å². The summed E-state index contributed by atoms with van der Waals surface area (Å²) in [6.07, 6.45) is 2.52. The van der Waals surface area contributed by atoms with Crippen LogP contribution in [0.3, 0.4) is 0 Å². The van der Waals surface area contributed by atoms with E-state index < -0.39 is 34.7 Å². The minimum absolute atomic E-state index is 0.00204. The second kappa shape index (κ2) is 11.2. The van der Waals surface area contributed by atoms with Crippen LogP contribution in [0, 0.1) is 41.2 Å². The number of hydrogen-bond donors (Lipinski definition) is 0. The van der Waals surface area contributed by atoms with Crippen molar-refractivity contribution in [2.24, 2.45) is 11.3 Å². The third-order valence-corrected chi connectivity index (χ3v) is 10.4. The molecule has 224 valence electrons. The molecule has 1 spiro atoms. The number of rotatable bonds is 4. The molecule has 0 saturated carbocycles. The summed E-state index contributed by atoms with van der Waals surface area (Å²) in [5, 5.41) is 10.6. The van der Waals surface area contributed by atoms with E-state index in [9.17, 15) is 14.4 Å². The molecular weight excluding hydrogens is 560 g/mol. The first-order valence-electron chi connectivity index (χ1n) is 15.0. The third kappa shape index (κ3) is 5.13. The van der Waals surface area contributed by atoms with Crippen molar-refractivity contribution in [1.29, 1.82) is 5.26 Å². The lowest BCUT2D eigenvalue weighted by Crippen LogP contribution is -2.48. The number of piperidine rings is 1. The zero-order valence-corrected chi connectivity index (χ0v) is 25.2. The number of halogens is 3. The molecule has 3 saturated heterocycles. The summed E-state index contributed by atoms with van der Waals surface area (Å²) in [6, 6.07) is 10.4. The predicted octanol–water partition coefficient (Wildman–Crippen LogP) is 6.26. The molecule has 0 N–H and O–H groups in total. The van der Waals surface area contributed by atoms with Gasteiger partial charge in [-0.1, -0.05) is 23.7 Å². The van der Waals surface area contributed by atoms with Gasteiger partial charge in [0.15, 0.2) is 0 Å². The van der Waals surface area contributed by atoms with Crippen LogP contribution in [0.4, 0.5) is 8.78 Å². The van der Waals surface area contributed by atoms with E-state index in [1.165, 1.54) is 12.1 Å². The minimum Gasteiger partial charge on any atom is -0.381 e. The van der Waals surface area contributed by atoms with Crippen molar-refractivity contribution in [3.63, 3.8) is 0 Å². The Kier molecular flexibility index (Phi) is 7.84. The fraction of sp³-hybridized carbons (Fsp3) is 0.576. The first-order chi connectivity index (χ1) is 20.0. The van der Waals surface area contributed by atoms with Crippen molar-refractivity contribution >= 4 is 17.5 Å². The molecule has 2 aromatic carbocycles. The van der Waals surface area contributed by atoms with Crippen molar-refractivity contribution in [3.05, 3.63) is 69.2 Å². The molecule has 2 aromatic rings. The van der Waals surface area contributed by atoms with E-state index in [2.05, 4.69) is 11.0 Å². The van der Waals surface area contributed by atoms with Crippen molar-refractivity contribution in [2.45, 2.75) is 70.1 Å². The first kappa shape index (κ1) is 29.5. The van der Waals surface area contributed by atoms with Crippen LogP contribution in [0.5, 0.6) is 0 Å². The summed E-state index contributed by atoms with van der Waals surface area (Å²) in [6.45, 7) is 9.16. The summed E-state index contributed by atoms with van der Waals surface area (Å²) in [7, 11) is 0. The van der Waals surface area contributed by atoms with Gasteiger partial charge in [0.25, 0.3) is 0 Å². The first-order valence-corrected chi connectivity index (χ1v) is 15.4. The quantitative estimate of drug-likeness (QED) is 0.416. The normalized spacial score (nSPS) is 26.4. The number of nitrogens with zero attached hydrogens (tertiary/aromatic N) is 3. The molecule has 0 aromatic heterocycles. The average molecular weight is 598 g/mol. The molecule has 0 radical (unpaired) electrons. The molecule has 4 aliphatic heterocycles. The number of ether oxygens (including phenoxy) is 2. The zero-order valence-electron chi connectivity index (χ0n) is 24.5. The summed E-state index contributed by atoms with van der Waals surface area (Å²) < 4.78 is 41.2. The highest BCUT2D eigenvalue weighted by Gasteiger charge is 2.53. The van der Waals surface area contributed by atoms with Crippen LogP contribution in [0.15, 0.2) is 30.3 Å². The Labute approximate surface area is 251 Å². The molecular formula is C33H38ClF2N3O3. The van der Waals surface area contributed by atoms with E-state index in [0.717, 1.165) is 35.6 Å². The summed E-state index contributed by atoms with van der Waals surface area (Å²) in [5.41, 5.74) is 1.98. The lowest BCUT2D eigenvalue weighted by atomic mass is 9.79. The van der Waals surface area contributed by atoms with Crippen LogP contribution >= 0.6 is 11.6 Å². The van der Waals surface area contributed by atoms with E-state index in [4.69, 9.17) is 21.1 Å². The number of benzene rings is 2. The van der Waals surface area contributed by atoms with Crippen LogP contribution in [-0.2, 0) is 19.9 Å². The Hall–Kier alpha value is -2.57. The van der Waals surface area contributed by atoms with Crippen LogP contribution in [0.25, 0.3) is 0 Å². The fourth-order valence-corrected chi connectivity index (χ4v) is 7.69. The molecule has 6 rings (SSSR count). The maximum Gasteiger partial charge on any atom is 0.227 e. The van der Waals surface area contributed by atoms with E-state index >= 15 is 4.39 Å². The van der Waals surface area contributed by atoms with Gasteiger partial charge in [0, 0.05) is 62.4 Å². The van der Waals surface area contributed by atoms with Crippen LogP contribution < -0.4 is 0 Å².